The van der Waals surface area contributed by atoms with Crippen molar-refractivity contribution in [3.8, 4) is 0 Å². The lowest BCUT2D eigenvalue weighted by Gasteiger charge is -2.68. The number of carbonyl (C=O) groups is 4. The molecule has 4 fully saturated rings. The van der Waals surface area contributed by atoms with E-state index in [2.05, 4.69) is 46.9 Å². The number of aliphatic carboxylic acids is 1. The van der Waals surface area contributed by atoms with Crippen LogP contribution in [0.1, 0.15) is 132 Å². The number of ketones is 1. The van der Waals surface area contributed by atoms with E-state index >= 15 is 0 Å². The topological polar surface area (TPSA) is 119 Å². The number of rotatable bonds is 11. The Balaban J connectivity index is 1.27. The molecule has 5 aliphatic carbocycles. The molecule has 2 N–H and O–H groups in total. The van der Waals surface area contributed by atoms with Gasteiger partial charge in [0, 0.05) is 37.3 Å². The van der Waals surface area contributed by atoms with Gasteiger partial charge in [-0.05, 0) is 134 Å². The third-order valence-electron chi connectivity index (χ3n) is 15.6. The summed E-state index contributed by atoms with van der Waals surface area (Å²) in [4.78, 5) is 51.7. The van der Waals surface area contributed by atoms with E-state index in [4.69, 9.17) is 9.47 Å². The van der Waals surface area contributed by atoms with E-state index in [9.17, 15) is 28.7 Å². The molecule has 1 aromatic carbocycles. The van der Waals surface area contributed by atoms with Crippen LogP contribution >= 0.6 is 0 Å². The van der Waals surface area contributed by atoms with Crippen LogP contribution in [0.15, 0.2) is 35.4 Å². The Labute approximate surface area is 321 Å². The highest BCUT2D eigenvalue weighted by atomic mass is 19.1. The summed E-state index contributed by atoms with van der Waals surface area (Å²) in [5.74, 6) is -0.273. The molecule has 0 heterocycles. The van der Waals surface area contributed by atoms with E-state index in [0.717, 1.165) is 62.5 Å². The van der Waals surface area contributed by atoms with Gasteiger partial charge >= 0.3 is 17.9 Å². The lowest BCUT2D eigenvalue weighted by atomic mass is 9.37. The van der Waals surface area contributed by atoms with Crippen LogP contribution in [0.2, 0.25) is 0 Å². The third-order valence-corrected chi connectivity index (χ3v) is 15.6. The maximum absolute atomic E-state index is 14.2. The molecule has 4 saturated carbocycles. The second-order valence-electron chi connectivity index (χ2n) is 19.8. The first-order valence-corrected chi connectivity index (χ1v) is 20.5. The van der Waals surface area contributed by atoms with Crippen LogP contribution in [0.4, 0.5) is 4.39 Å². The number of carbonyl (C=O) groups excluding carboxylic acids is 3. The van der Waals surface area contributed by atoms with Crippen LogP contribution < -0.4 is 5.32 Å². The molecule has 0 unspecified atom stereocenters. The van der Waals surface area contributed by atoms with E-state index in [0.29, 0.717) is 37.3 Å². The van der Waals surface area contributed by atoms with Crippen LogP contribution in [0.5, 0.6) is 0 Å². The maximum atomic E-state index is 14.2. The zero-order valence-corrected chi connectivity index (χ0v) is 34.1. The number of hydrogen-bond donors (Lipinski definition) is 2. The molecule has 0 bridgehead atoms. The van der Waals surface area contributed by atoms with E-state index in [1.807, 2.05) is 0 Å². The summed E-state index contributed by atoms with van der Waals surface area (Å²) in [5.41, 5.74) is 1.20. The molecule has 5 aliphatic rings. The number of ether oxygens (including phenoxy) is 2. The lowest BCUT2D eigenvalue weighted by Crippen LogP contribution is -2.62. The largest absolute Gasteiger partial charge is 0.481 e. The molecule has 6 rings (SSSR count). The molecule has 9 atom stereocenters. The van der Waals surface area contributed by atoms with Crippen molar-refractivity contribution >= 4 is 23.7 Å². The molecule has 0 aromatic heterocycles. The van der Waals surface area contributed by atoms with Crippen molar-refractivity contribution in [1.29, 1.82) is 0 Å². The number of benzene rings is 1. The van der Waals surface area contributed by atoms with Crippen molar-refractivity contribution in [2.45, 2.75) is 145 Å². The summed E-state index contributed by atoms with van der Waals surface area (Å²) in [5, 5.41) is 13.1. The fourth-order valence-electron chi connectivity index (χ4n) is 12.9. The summed E-state index contributed by atoms with van der Waals surface area (Å²) in [7, 11) is 0. The van der Waals surface area contributed by atoms with Gasteiger partial charge in [-0.2, -0.15) is 0 Å². The fraction of sp³-hybridized carbons (Fsp3) is 0.733. The minimum Gasteiger partial charge on any atom is -0.481 e. The normalized spacial score (nSPS) is 35.0. The quantitative estimate of drug-likeness (QED) is 0.216. The minimum absolute atomic E-state index is 0.0152. The standard InChI is InChI=1S/C45H64FNO7/c1-26(2)38-33(49)22-45(36(53-27(3)48)25-47-24-28-10-12-29(46)13-11-28)21-20-43(8)30-16-17-34-42(6,7)35(54-37(50)23-41(4,5)40(51)52)18-19-44(34,9)31(30)14-15-32(43)39(38)45/h10-13,26,30-32,34-36,47H,14-25H2,1-9H3,(H,51,52)/t30-,31+,32-,34+,35+,36+,43+,44-,45+/m1/s1. The Kier molecular flexibility index (Phi) is 10.9. The molecule has 54 heavy (non-hydrogen) atoms. The average molecular weight is 750 g/mol. The smallest absolute Gasteiger partial charge is 0.309 e. The minimum atomic E-state index is -1.18. The monoisotopic (exact) mass is 749 g/mol. The summed E-state index contributed by atoms with van der Waals surface area (Å²) < 4.78 is 26.0. The molecular formula is C45H64FNO7. The summed E-state index contributed by atoms with van der Waals surface area (Å²) in [6.45, 7) is 19.2. The van der Waals surface area contributed by atoms with Crippen molar-refractivity contribution in [2.24, 2.45) is 56.7 Å². The van der Waals surface area contributed by atoms with Gasteiger partial charge in [-0.3, -0.25) is 19.2 Å². The predicted octanol–water partition coefficient (Wildman–Crippen LogP) is 8.85. The van der Waals surface area contributed by atoms with Gasteiger partial charge in [0.2, 0.25) is 0 Å². The van der Waals surface area contributed by atoms with Crippen LogP contribution in [0, 0.1) is 62.5 Å². The van der Waals surface area contributed by atoms with E-state index < -0.39 is 28.9 Å². The molecule has 0 spiro atoms. The first-order chi connectivity index (χ1) is 25.2. The number of nitrogens with one attached hydrogen (secondary N) is 1. The average Bonchev–Trinajstić information content (AvgIpc) is 3.39. The second-order valence-corrected chi connectivity index (χ2v) is 19.8. The van der Waals surface area contributed by atoms with Crippen molar-refractivity contribution in [3.63, 3.8) is 0 Å². The number of Topliss-reactive ketones (excluding diaryl/α,β-unsaturated/α-hetero) is 1. The van der Waals surface area contributed by atoms with Crippen molar-refractivity contribution in [2.75, 3.05) is 6.54 Å². The number of fused-ring (bicyclic) bond motifs is 7. The fourth-order valence-corrected chi connectivity index (χ4v) is 12.9. The van der Waals surface area contributed by atoms with Gasteiger partial charge in [0.05, 0.1) is 11.8 Å². The molecule has 1 aromatic rings. The van der Waals surface area contributed by atoms with Gasteiger partial charge in [-0.25, -0.2) is 4.39 Å². The van der Waals surface area contributed by atoms with Crippen molar-refractivity contribution in [3.05, 3.63) is 46.8 Å². The van der Waals surface area contributed by atoms with Gasteiger partial charge < -0.3 is 19.9 Å². The van der Waals surface area contributed by atoms with Crippen molar-refractivity contribution in [1.82, 2.24) is 5.32 Å². The van der Waals surface area contributed by atoms with Crippen molar-refractivity contribution < 1.29 is 38.1 Å². The maximum Gasteiger partial charge on any atom is 0.309 e. The molecule has 0 saturated heterocycles. The molecular weight excluding hydrogens is 685 g/mol. The third kappa shape index (κ3) is 6.87. The SMILES string of the molecule is CC(=O)O[C@@H](CNCc1ccc(F)cc1)[C@@]12CC[C@]3(C)[C@H](CC[C@H]4[C@H]3CC[C@H]3C(C)(C)[C@@H](OC(=O)CC(C)(C)C(=O)O)CC[C@]43C)C1=C(C(C)C)C(=O)C2. The molecule has 9 heteroatoms. The summed E-state index contributed by atoms with van der Waals surface area (Å²) >= 11 is 0. The zero-order chi connectivity index (χ0) is 39.6. The highest BCUT2D eigenvalue weighted by Crippen LogP contribution is 2.73. The molecule has 8 nitrogen and oxygen atoms in total. The van der Waals surface area contributed by atoms with Gasteiger partial charge in [-0.15, -0.1) is 0 Å². The van der Waals surface area contributed by atoms with Crippen LogP contribution in [-0.2, 0) is 35.2 Å². The number of hydrogen-bond acceptors (Lipinski definition) is 7. The Bertz CT molecular complexity index is 1680. The van der Waals surface area contributed by atoms with Gasteiger partial charge in [-0.1, -0.05) is 53.7 Å². The predicted molar refractivity (Wildman–Crippen MR) is 204 cm³/mol. The lowest BCUT2D eigenvalue weighted by molar-refractivity contribution is -0.206. The summed E-state index contributed by atoms with van der Waals surface area (Å²) in [6.07, 6.45) is 7.07. The van der Waals surface area contributed by atoms with Crippen LogP contribution in [-0.4, -0.2) is 47.6 Å². The number of carboxylic acids is 1. The molecule has 0 aliphatic heterocycles. The highest BCUT2D eigenvalue weighted by Gasteiger charge is 2.67. The number of halogens is 1. The Morgan fingerprint density at radius 1 is 0.944 bits per heavy atom. The number of carboxylic acid groups (broad SMARTS) is 1. The van der Waals surface area contributed by atoms with Gasteiger partial charge in [0.15, 0.2) is 5.78 Å². The zero-order valence-electron chi connectivity index (χ0n) is 34.1. The Morgan fingerprint density at radius 3 is 2.22 bits per heavy atom. The van der Waals surface area contributed by atoms with Gasteiger partial charge in [0.1, 0.15) is 18.0 Å². The first kappa shape index (κ1) is 40.6. The van der Waals surface area contributed by atoms with Crippen LogP contribution in [0.25, 0.3) is 0 Å². The molecule has 0 amide bonds. The number of esters is 2. The van der Waals surface area contributed by atoms with Crippen LogP contribution in [0.3, 0.4) is 0 Å². The summed E-state index contributed by atoms with van der Waals surface area (Å²) in [6, 6.07) is 6.41. The molecule has 298 valence electrons. The van der Waals surface area contributed by atoms with E-state index in [1.165, 1.54) is 24.6 Å². The first-order valence-electron chi connectivity index (χ1n) is 20.5. The Hall–Kier alpha value is -3.07. The Morgan fingerprint density at radius 2 is 1.59 bits per heavy atom. The number of allylic oxidation sites excluding steroid dienone is 1. The second kappa shape index (κ2) is 14.5. The van der Waals surface area contributed by atoms with Gasteiger partial charge in [0.25, 0.3) is 0 Å². The van der Waals surface area contributed by atoms with E-state index in [-0.39, 0.29) is 58.2 Å². The molecule has 0 radical (unpaired) electrons. The highest BCUT2D eigenvalue weighted by molar-refractivity contribution is 6.01. The van der Waals surface area contributed by atoms with E-state index in [1.54, 1.807) is 26.0 Å².